The summed E-state index contributed by atoms with van der Waals surface area (Å²) in [6, 6.07) is 4.08. The molecular formula is C23H32FN5O2. The SMILES string of the molecule is CNC(C)C(=O)NC(C(=O)N1CCC2NCC(c3c[nH]c4cc(F)ccc34)C21)C(C)C. The van der Waals surface area contributed by atoms with Crippen LogP contribution in [0.25, 0.3) is 10.9 Å². The number of rotatable bonds is 6. The second-order valence-electron chi connectivity index (χ2n) is 9.11. The average Bonchev–Trinajstić information content (AvgIpc) is 3.44. The van der Waals surface area contributed by atoms with Crippen LogP contribution in [-0.2, 0) is 9.59 Å². The second kappa shape index (κ2) is 8.59. The molecule has 1 aromatic heterocycles. The number of likely N-dealkylation sites (tertiary alicyclic amines) is 1. The van der Waals surface area contributed by atoms with E-state index in [4.69, 9.17) is 0 Å². The highest BCUT2D eigenvalue weighted by Gasteiger charge is 2.48. The van der Waals surface area contributed by atoms with Gasteiger partial charge in [0.2, 0.25) is 11.8 Å². The van der Waals surface area contributed by atoms with E-state index in [1.54, 1.807) is 20.0 Å². The number of carbonyl (C=O) groups excluding carboxylic acids is 2. The van der Waals surface area contributed by atoms with E-state index in [0.29, 0.717) is 6.54 Å². The van der Waals surface area contributed by atoms with Crippen molar-refractivity contribution in [2.45, 2.75) is 57.3 Å². The molecule has 0 spiro atoms. The maximum atomic E-state index is 13.6. The molecule has 3 heterocycles. The van der Waals surface area contributed by atoms with Crippen molar-refractivity contribution < 1.29 is 14.0 Å². The van der Waals surface area contributed by atoms with Crippen LogP contribution in [0.2, 0.25) is 0 Å². The lowest BCUT2D eigenvalue weighted by Crippen LogP contribution is -2.56. The Hall–Kier alpha value is -2.45. The van der Waals surface area contributed by atoms with Crippen molar-refractivity contribution in [3.05, 3.63) is 35.8 Å². The molecule has 5 unspecified atom stereocenters. The maximum absolute atomic E-state index is 13.6. The predicted molar refractivity (Wildman–Crippen MR) is 118 cm³/mol. The third-order valence-corrected chi connectivity index (χ3v) is 6.88. The van der Waals surface area contributed by atoms with Gasteiger partial charge < -0.3 is 25.8 Å². The molecule has 5 atom stereocenters. The molecule has 0 radical (unpaired) electrons. The van der Waals surface area contributed by atoms with Crippen LogP contribution in [0.5, 0.6) is 0 Å². The highest BCUT2D eigenvalue weighted by molar-refractivity contribution is 5.90. The van der Waals surface area contributed by atoms with Gasteiger partial charge in [-0.25, -0.2) is 4.39 Å². The van der Waals surface area contributed by atoms with Crippen LogP contribution in [0.4, 0.5) is 4.39 Å². The zero-order valence-electron chi connectivity index (χ0n) is 18.5. The molecule has 2 aliphatic rings. The fourth-order valence-electron chi connectivity index (χ4n) is 5.01. The lowest BCUT2D eigenvalue weighted by atomic mass is 9.90. The molecule has 0 aliphatic carbocycles. The number of fused-ring (bicyclic) bond motifs is 2. The number of nitrogens with one attached hydrogen (secondary N) is 4. The van der Waals surface area contributed by atoms with Crippen LogP contribution >= 0.6 is 0 Å². The number of hydrogen-bond acceptors (Lipinski definition) is 4. The lowest BCUT2D eigenvalue weighted by molar-refractivity contribution is -0.139. The van der Waals surface area contributed by atoms with Gasteiger partial charge >= 0.3 is 0 Å². The summed E-state index contributed by atoms with van der Waals surface area (Å²) in [7, 11) is 1.73. The van der Waals surface area contributed by atoms with E-state index in [9.17, 15) is 14.0 Å². The smallest absolute Gasteiger partial charge is 0.245 e. The summed E-state index contributed by atoms with van der Waals surface area (Å²) in [5.41, 5.74) is 1.87. The first kappa shape index (κ1) is 21.8. The Bertz CT molecular complexity index is 974. The Labute approximate surface area is 182 Å². The van der Waals surface area contributed by atoms with Gasteiger partial charge in [-0.3, -0.25) is 9.59 Å². The van der Waals surface area contributed by atoms with Gasteiger partial charge in [-0.1, -0.05) is 13.8 Å². The van der Waals surface area contributed by atoms with E-state index in [0.717, 1.165) is 29.4 Å². The highest BCUT2D eigenvalue weighted by Crippen LogP contribution is 2.39. The van der Waals surface area contributed by atoms with Crippen molar-refractivity contribution in [2.24, 2.45) is 5.92 Å². The quantitative estimate of drug-likeness (QED) is 0.563. The Morgan fingerprint density at radius 3 is 2.74 bits per heavy atom. The summed E-state index contributed by atoms with van der Waals surface area (Å²) < 4.78 is 13.6. The summed E-state index contributed by atoms with van der Waals surface area (Å²) in [6.07, 6.45) is 2.83. The van der Waals surface area contributed by atoms with Crippen LogP contribution in [0.3, 0.4) is 0 Å². The first-order valence-corrected chi connectivity index (χ1v) is 11.1. The molecule has 8 heteroatoms. The molecule has 31 heavy (non-hydrogen) atoms. The summed E-state index contributed by atoms with van der Waals surface area (Å²) in [5, 5.41) is 10.4. The lowest BCUT2D eigenvalue weighted by Gasteiger charge is -2.33. The van der Waals surface area contributed by atoms with Crippen molar-refractivity contribution in [3.63, 3.8) is 0 Å². The predicted octanol–water partition coefficient (Wildman–Crippen LogP) is 1.71. The van der Waals surface area contributed by atoms with Crippen LogP contribution in [-0.4, -0.2) is 66.0 Å². The minimum atomic E-state index is -0.569. The minimum Gasteiger partial charge on any atom is -0.361 e. The van der Waals surface area contributed by atoms with Crippen molar-refractivity contribution in [1.82, 2.24) is 25.8 Å². The van der Waals surface area contributed by atoms with Crippen LogP contribution in [0.15, 0.2) is 24.4 Å². The average molecular weight is 430 g/mol. The van der Waals surface area contributed by atoms with E-state index in [2.05, 4.69) is 20.9 Å². The summed E-state index contributed by atoms with van der Waals surface area (Å²) in [4.78, 5) is 31.2. The van der Waals surface area contributed by atoms with E-state index in [1.807, 2.05) is 24.9 Å². The topological polar surface area (TPSA) is 89.3 Å². The van der Waals surface area contributed by atoms with E-state index in [1.165, 1.54) is 12.1 Å². The van der Waals surface area contributed by atoms with Crippen molar-refractivity contribution >= 4 is 22.7 Å². The van der Waals surface area contributed by atoms with Gasteiger partial charge in [0.05, 0.1) is 12.1 Å². The van der Waals surface area contributed by atoms with Gasteiger partial charge in [-0.05, 0) is 50.1 Å². The van der Waals surface area contributed by atoms with Crippen LogP contribution < -0.4 is 16.0 Å². The summed E-state index contributed by atoms with van der Waals surface area (Å²) in [6.45, 7) is 7.12. The molecule has 0 bridgehead atoms. The number of nitrogens with zero attached hydrogens (tertiary/aromatic N) is 1. The Morgan fingerprint density at radius 1 is 1.26 bits per heavy atom. The second-order valence-corrected chi connectivity index (χ2v) is 9.11. The number of H-pyrrole nitrogens is 1. The largest absolute Gasteiger partial charge is 0.361 e. The molecule has 0 saturated carbocycles. The molecule has 168 valence electrons. The van der Waals surface area contributed by atoms with E-state index in [-0.39, 0.29) is 47.6 Å². The molecule has 4 rings (SSSR count). The highest BCUT2D eigenvalue weighted by atomic mass is 19.1. The number of benzene rings is 1. The minimum absolute atomic E-state index is 0.0106. The molecule has 2 aromatic rings. The van der Waals surface area contributed by atoms with E-state index >= 15 is 0 Å². The number of halogens is 1. The number of amides is 2. The fraction of sp³-hybridized carbons (Fsp3) is 0.565. The zero-order valence-corrected chi connectivity index (χ0v) is 18.5. The van der Waals surface area contributed by atoms with Crippen LogP contribution in [0.1, 0.15) is 38.7 Å². The van der Waals surface area contributed by atoms with Crippen molar-refractivity contribution in [2.75, 3.05) is 20.1 Å². The number of carbonyl (C=O) groups is 2. The van der Waals surface area contributed by atoms with Gasteiger partial charge in [-0.2, -0.15) is 0 Å². The van der Waals surface area contributed by atoms with Gasteiger partial charge in [-0.15, -0.1) is 0 Å². The van der Waals surface area contributed by atoms with Crippen molar-refractivity contribution in [3.8, 4) is 0 Å². The number of aromatic amines is 1. The molecule has 4 N–H and O–H groups in total. The molecule has 2 amide bonds. The third-order valence-electron chi connectivity index (χ3n) is 6.88. The number of likely N-dealkylation sites (N-methyl/N-ethyl adjacent to an activating group) is 1. The molecule has 2 saturated heterocycles. The van der Waals surface area contributed by atoms with E-state index < -0.39 is 6.04 Å². The zero-order chi connectivity index (χ0) is 22.3. The first-order chi connectivity index (χ1) is 14.8. The number of hydrogen-bond donors (Lipinski definition) is 4. The van der Waals surface area contributed by atoms with Gasteiger partial charge in [0.25, 0.3) is 0 Å². The van der Waals surface area contributed by atoms with Gasteiger partial charge in [0, 0.05) is 42.1 Å². The molecular weight excluding hydrogens is 397 g/mol. The Balaban J connectivity index is 1.60. The van der Waals surface area contributed by atoms with Crippen LogP contribution in [0, 0.1) is 11.7 Å². The van der Waals surface area contributed by atoms with Gasteiger partial charge in [0.1, 0.15) is 11.9 Å². The number of aromatic nitrogens is 1. The molecule has 2 aliphatic heterocycles. The van der Waals surface area contributed by atoms with Crippen molar-refractivity contribution in [1.29, 1.82) is 0 Å². The Kier molecular flexibility index (Phi) is 6.03. The monoisotopic (exact) mass is 429 g/mol. The third kappa shape index (κ3) is 3.94. The molecule has 1 aromatic carbocycles. The summed E-state index contributed by atoms with van der Waals surface area (Å²) >= 11 is 0. The van der Waals surface area contributed by atoms with Gasteiger partial charge in [0.15, 0.2) is 0 Å². The molecule has 2 fully saturated rings. The summed E-state index contributed by atoms with van der Waals surface area (Å²) in [5.74, 6) is -0.394. The maximum Gasteiger partial charge on any atom is 0.245 e. The standard InChI is InChI=1S/C23H32FN5O2/c1-12(2)20(28-22(30)13(3)25-4)23(31)29-8-7-18-21(29)17(11-26-18)16-10-27-19-9-14(24)5-6-15(16)19/h5-6,9-10,12-13,17-18,20-21,25-27H,7-8,11H2,1-4H3,(H,28,30). The normalized spacial score (nSPS) is 25.1. The first-order valence-electron chi connectivity index (χ1n) is 11.1. The Morgan fingerprint density at radius 2 is 2.03 bits per heavy atom. The molecule has 7 nitrogen and oxygen atoms in total. The fourth-order valence-corrected chi connectivity index (χ4v) is 5.01.